The maximum Gasteiger partial charge on any atom is 0.391 e. The third kappa shape index (κ3) is 11.4. The Hall–Kier alpha value is -3.15. The number of nitrogens with two attached hydrogens (primary N) is 1. The lowest BCUT2D eigenvalue weighted by Gasteiger charge is -2.25. The largest absolute Gasteiger partial charge is 0.391 e. The van der Waals surface area contributed by atoms with Crippen molar-refractivity contribution in [2.45, 2.75) is 106 Å². The molecule has 4 N–H and O–H groups in total. The molecule has 0 bridgehead atoms. The summed E-state index contributed by atoms with van der Waals surface area (Å²) >= 11 is 18.5. The van der Waals surface area contributed by atoms with Gasteiger partial charge in [-0.2, -0.15) is 13.2 Å². The number of halogens is 6. The number of anilines is 3. The van der Waals surface area contributed by atoms with E-state index < -0.39 is 23.4 Å². The first-order chi connectivity index (χ1) is 25.2. The number of benzene rings is 2. The molecule has 3 fully saturated rings. The van der Waals surface area contributed by atoms with Crippen LogP contribution >= 0.6 is 34.8 Å². The lowest BCUT2D eigenvalue weighted by molar-refractivity contribution is -0.181. The van der Waals surface area contributed by atoms with Crippen LogP contribution in [0, 0.1) is 30.1 Å². The smallest absolute Gasteiger partial charge is 0.370 e. The summed E-state index contributed by atoms with van der Waals surface area (Å²) in [6.07, 6.45) is 1.40. The van der Waals surface area contributed by atoms with Crippen molar-refractivity contribution in [3.63, 3.8) is 0 Å². The van der Waals surface area contributed by atoms with Crippen molar-refractivity contribution < 1.29 is 22.8 Å². The summed E-state index contributed by atoms with van der Waals surface area (Å²) in [6, 6.07) is 5.31. The number of alkyl halides is 3. The van der Waals surface area contributed by atoms with Crippen molar-refractivity contribution in [3.05, 3.63) is 56.5 Å². The Morgan fingerprint density at radius 3 is 2.11 bits per heavy atom. The van der Waals surface area contributed by atoms with Gasteiger partial charge in [0.05, 0.1) is 43.9 Å². The fraction of sp³-hybridized carbons (Fsp3) is 0.575. The zero-order valence-corrected chi connectivity index (χ0v) is 35.0. The molecule has 2 heterocycles. The number of hydrogen-bond acceptors (Lipinski definition) is 5. The highest BCUT2D eigenvalue weighted by Gasteiger charge is 2.46. The van der Waals surface area contributed by atoms with Crippen molar-refractivity contribution in [1.29, 1.82) is 0 Å². The van der Waals surface area contributed by atoms with Gasteiger partial charge in [0, 0.05) is 37.1 Å². The van der Waals surface area contributed by atoms with Gasteiger partial charge in [-0.1, -0.05) is 108 Å². The molecule has 1 aliphatic heterocycles. The van der Waals surface area contributed by atoms with E-state index in [0.717, 1.165) is 66.1 Å². The maximum absolute atomic E-state index is 12.4. The summed E-state index contributed by atoms with van der Waals surface area (Å²) in [7, 11) is 1.91. The van der Waals surface area contributed by atoms with E-state index in [-0.39, 0.29) is 12.5 Å². The van der Waals surface area contributed by atoms with Gasteiger partial charge in [-0.3, -0.25) is 9.59 Å². The molecule has 2 saturated carbocycles. The third-order valence-corrected chi connectivity index (χ3v) is 10.9. The Kier molecular flexibility index (Phi) is 16.0. The van der Waals surface area contributed by atoms with Crippen molar-refractivity contribution >= 4 is 75.0 Å². The monoisotopic (exact) mass is 814 g/mol. The molecule has 1 aromatic heterocycles. The highest BCUT2D eigenvalue weighted by Crippen LogP contribution is 2.48. The summed E-state index contributed by atoms with van der Waals surface area (Å²) in [6.45, 7) is 19.2. The molecule has 2 amide bonds. The standard InChI is InChI=1S/C27H32Cl2N6O2.C7H11F3.C4H7Cl.C2H6/c1-13-22(35-11-15-8-16(15)12-35)17(24(30)36)9-19-23(13)34(5)26(32-19)33-21-18(28)7-6-14(20(21)29)10-31-25(37)27(2,3)4;8-7(9,10)6-4-2-1-3-5-6;1-3-4(2)5;1-2/h6-7,9,15-16H,8,10-12H2,1-5H3,(H2,30,36)(H,31,37)(H,32,33);6H,1-5H2;2-3H2,1H3;1-2H3. The minimum atomic E-state index is -3.93. The number of rotatable bonds is 7. The summed E-state index contributed by atoms with van der Waals surface area (Å²) in [5.74, 6) is 0.413. The van der Waals surface area contributed by atoms with E-state index in [0.29, 0.717) is 57.4 Å². The molecular weight excluding hydrogens is 760 g/mol. The summed E-state index contributed by atoms with van der Waals surface area (Å²) in [5.41, 5.74) is 10.4. The molecule has 6 rings (SSSR count). The molecular formula is C40H56Cl3F3N6O2. The summed E-state index contributed by atoms with van der Waals surface area (Å²) < 4.78 is 37.8. The molecule has 8 nitrogen and oxygen atoms in total. The van der Waals surface area contributed by atoms with Gasteiger partial charge in [0.1, 0.15) is 0 Å². The van der Waals surface area contributed by atoms with Crippen LogP contribution in [-0.4, -0.2) is 40.6 Å². The number of aryl methyl sites for hydroxylation is 2. The molecule has 2 aliphatic carbocycles. The minimum Gasteiger partial charge on any atom is -0.370 e. The second-order valence-corrected chi connectivity index (χ2v) is 16.3. The highest BCUT2D eigenvalue weighted by atomic mass is 35.5. The number of nitrogens with one attached hydrogen (secondary N) is 2. The normalized spacial score (nSPS) is 17.9. The first-order valence-electron chi connectivity index (χ1n) is 18.7. The fourth-order valence-electron chi connectivity index (χ4n) is 6.70. The van der Waals surface area contributed by atoms with Gasteiger partial charge in [0.25, 0.3) is 5.91 Å². The second-order valence-electron chi connectivity index (χ2n) is 15.0. The van der Waals surface area contributed by atoms with Crippen LogP contribution < -0.4 is 21.3 Å². The Balaban J connectivity index is 0.000000384. The molecule has 14 heteroatoms. The van der Waals surface area contributed by atoms with E-state index >= 15 is 0 Å². The Morgan fingerprint density at radius 2 is 1.63 bits per heavy atom. The molecule has 2 unspecified atom stereocenters. The average Bonchev–Trinajstić information content (AvgIpc) is 3.59. The zero-order chi connectivity index (χ0) is 40.7. The van der Waals surface area contributed by atoms with Crippen molar-refractivity contribution in [2.75, 3.05) is 23.3 Å². The number of hydrogen-bond donors (Lipinski definition) is 3. The average molecular weight is 816 g/mol. The van der Waals surface area contributed by atoms with Crippen LogP contribution in [0.25, 0.3) is 11.0 Å². The van der Waals surface area contributed by atoms with Crippen molar-refractivity contribution in [3.8, 4) is 0 Å². The lowest BCUT2D eigenvalue weighted by Crippen LogP contribution is -2.34. The number of primary amides is 1. The van der Waals surface area contributed by atoms with Gasteiger partial charge in [-0.25, -0.2) is 4.98 Å². The summed E-state index contributed by atoms with van der Waals surface area (Å²) in [5, 5.41) is 7.76. The molecule has 300 valence electrons. The summed E-state index contributed by atoms with van der Waals surface area (Å²) in [4.78, 5) is 31.8. The lowest BCUT2D eigenvalue weighted by atomic mass is 9.89. The number of imidazole rings is 1. The Morgan fingerprint density at radius 1 is 1.06 bits per heavy atom. The van der Waals surface area contributed by atoms with Crippen molar-refractivity contribution in [2.24, 2.45) is 36.0 Å². The Labute approximate surface area is 333 Å². The first-order valence-corrected chi connectivity index (χ1v) is 19.8. The van der Waals surface area contributed by atoms with Crippen molar-refractivity contribution in [1.82, 2.24) is 14.9 Å². The minimum absolute atomic E-state index is 0.0739. The highest BCUT2D eigenvalue weighted by molar-refractivity contribution is 6.39. The van der Waals surface area contributed by atoms with Crippen LogP contribution in [0.15, 0.2) is 29.8 Å². The zero-order valence-electron chi connectivity index (χ0n) is 32.7. The van der Waals surface area contributed by atoms with Crippen LogP contribution in [0.1, 0.15) is 108 Å². The van der Waals surface area contributed by atoms with Gasteiger partial charge in [-0.15, -0.1) is 0 Å². The number of aromatic nitrogens is 2. The van der Waals surface area contributed by atoms with E-state index in [2.05, 4.69) is 22.1 Å². The van der Waals surface area contributed by atoms with Gasteiger partial charge in [0.2, 0.25) is 11.9 Å². The molecule has 1 saturated heterocycles. The number of amides is 2. The van der Waals surface area contributed by atoms with E-state index in [9.17, 15) is 22.8 Å². The number of piperidine rings is 1. The van der Waals surface area contributed by atoms with Crippen LogP contribution in [-0.2, 0) is 18.4 Å². The van der Waals surface area contributed by atoms with Gasteiger partial charge >= 0.3 is 6.18 Å². The number of allylic oxidation sites excluding steroid dienone is 1. The van der Waals surface area contributed by atoms with Crippen LogP contribution in [0.2, 0.25) is 10.0 Å². The number of carbonyl (C=O) groups is 2. The molecule has 54 heavy (non-hydrogen) atoms. The molecule has 2 aromatic carbocycles. The van der Waals surface area contributed by atoms with Gasteiger partial charge in [-0.05, 0) is 67.7 Å². The van der Waals surface area contributed by atoms with E-state index in [1.54, 1.807) is 18.2 Å². The molecule has 0 spiro atoms. The van der Waals surface area contributed by atoms with E-state index in [4.69, 9.17) is 45.5 Å². The third-order valence-electron chi connectivity index (χ3n) is 9.91. The van der Waals surface area contributed by atoms with Crippen LogP contribution in [0.5, 0.6) is 0 Å². The number of nitrogens with zero attached hydrogens (tertiary/aromatic N) is 3. The van der Waals surface area contributed by atoms with Crippen LogP contribution in [0.3, 0.4) is 0 Å². The Bertz CT molecular complexity index is 1790. The predicted octanol–water partition coefficient (Wildman–Crippen LogP) is 11.5. The fourth-order valence-corrected chi connectivity index (χ4v) is 7.23. The first kappa shape index (κ1) is 45.2. The number of carbonyl (C=O) groups excluding carboxylic acids is 2. The van der Waals surface area contributed by atoms with Gasteiger partial charge < -0.3 is 25.8 Å². The predicted molar refractivity (Wildman–Crippen MR) is 218 cm³/mol. The second kappa shape index (κ2) is 19.1. The molecule has 2 atom stereocenters. The molecule has 3 aromatic rings. The van der Waals surface area contributed by atoms with E-state index in [1.165, 1.54) is 6.42 Å². The molecule has 3 aliphatic rings. The maximum atomic E-state index is 12.4. The quantitative estimate of drug-likeness (QED) is 0.220. The SMILES string of the molecule is C=C(Cl)CC.CC.Cc1c(N2CC3CC3C2)c(C(N)=O)cc2nc(Nc3c(Cl)ccc(CNC(=O)C(C)(C)C)c3Cl)n(C)c12.FC(F)(F)C1CCCCC1. The topological polar surface area (TPSA) is 105 Å². The van der Waals surface area contributed by atoms with Crippen LogP contribution in [0.4, 0.5) is 30.5 Å². The molecule has 0 radical (unpaired) electrons. The van der Waals surface area contributed by atoms with Gasteiger partial charge in [0.15, 0.2) is 0 Å². The number of fused-ring (bicyclic) bond motifs is 2. The van der Waals surface area contributed by atoms with E-state index in [1.807, 2.05) is 60.1 Å².